The van der Waals surface area contributed by atoms with Crippen LogP contribution in [-0.2, 0) is 9.47 Å². The molecule has 3 heteroatoms. The van der Waals surface area contributed by atoms with Crippen LogP contribution < -0.4 is 0 Å². The molecule has 0 aromatic rings. The van der Waals surface area contributed by atoms with Crippen LogP contribution in [0.4, 0.5) is 0 Å². The summed E-state index contributed by atoms with van der Waals surface area (Å²) in [5, 5.41) is 0. The van der Waals surface area contributed by atoms with Crippen molar-refractivity contribution in [2.24, 2.45) is 5.41 Å². The summed E-state index contributed by atoms with van der Waals surface area (Å²) in [5.41, 5.74) is 0.157. The fraction of sp³-hybridized carbons (Fsp3) is 0.833. The Hall–Kier alpha value is -0.0500. The molecule has 0 aromatic carbocycles. The lowest BCUT2D eigenvalue weighted by molar-refractivity contribution is -0.182. The molecule has 0 radical (unpaired) electrons. The van der Waals surface area contributed by atoms with Crippen LogP contribution >= 0.6 is 11.6 Å². The van der Waals surface area contributed by atoms with Crippen molar-refractivity contribution in [1.29, 1.82) is 0 Å². The zero-order chi connectivity index (χ0) is 11.5. The van der Waals surface area contributed by atoms with Crippen LogP contribution in [-0.4, -0.2) is 24.4 Å². The first-order valence-electron chi connectivity index (χ1n) is 5.49. The fourth-order valence-corrected chi connectivity index (χ4v) is 1.82. The van der Waals surface area contributed by atoms with Gasteiger partial charge in [-0.25, -0.2) is 0 Å². The minimum absolute atomic E-state index is 0.111. The quantitative estimate of drug-likeness (QED) is 0.411. The lowest BCUT2D eigenvalue weighted by Gasteiger charge is -2.30. The Morgan fingerprint density at radius 2 is 2.13 bits per heavy atom. The molecule has 0 aliphatic heterocycles. The number of hydrogen-bond donors (Lipinski definition) is 0. The topological polar surface area (TPSA) is 18.5 Å². The van der Waals surface area contributed by atoms with E-state index in [1.54, 1.807) is 0 Å². The number of alkyl halides is 1. The van der Waals surface area contributed by atoms with Crippen LogP contribution in [0.5, 0.6) is 0 Å². The molecule has 0 amide bonds. The maximum absolute atomic E-state index is 5.85. The van der Waals surface area contributed by atoms with Crippen molar-refractivity contribution in [2.45, 2.75) is 52.6 Å². The van der Waals surface area contributed by atoms with Crippen LogP contribution in [0.15, 0.2) is 12.2 Å². The van der Waals surface area contributed by atoms with E-state index in [1.807, 2.05) is 13.8 Å². The first-order valence-corrected chi connectivity index (χ1v) is 6.02. The van der Waals surface area contributed by atoms with Crippen LogP contribution in [0, 0.1) is 5.41 Å². The molecule has 0 saturated carbocycles. The Morgan fingerprint density at radius 3 is 2.53 bits per heavy atom. The van der Waals surface area contributed by atoms with Crippen molar-refractivity contribution < 1.29 is 9.47 Å². The Kier molecular flexibility index (Phi) is 4.63. The minimum atomic E-state index is -0.307. The lowest BCUT2D eigenvalue weighted by Crippen LogP contribution is -2.34. The molecule has 1 aliphatic rings. The Morgan fingerprint density at radius 1 is 1.47 bits per heavy atom. The summed E-state index contributed by atoms with van der Waals surface area (Å²) in [7, 11) is 0. The van der Waals surface area contributed by atoms with Gasteiger partial charge in [-0.2, -0.15) is 0 Å². The van der Waals surface area contributed by atoms with E-state index in [0.717, 1.165) is 6.42 Å². The van der Waals surface area contributed by atoms with Gasteiger partial charge in [0.25, 0.3) is 0 Å². The van der Waals surface area contributed by atoms with Crippen molar-refractivity contribution in [1.82, 2.24) is 0 Å². The number of halogens is 1. The van der Waals surface area contributed by atoms with Gasteiger partial charge in [-0.05, 0) is 25.7 Å². The maximum atomic E-state index is 5.85. The monoisotopic (exact) mass is 232 g/mol. The van der Waals surface area contributed by atoms with E-state index in [1.165, 1.54) is 0 Å². The Labute approximate surface area is 97.6 Å². The summed E-state index contributed by atoms with van der Waals surface area (Å²) in [6.45, 7) is 8.35. The second kappa shape index (κ2) is 5.33. The van der Waals surface area contributed by atoms with Gasteiger partial charge < -0.3 is 9.47 Å². The summed E-state index contributed by atoms with van der Waals surface area (Å²) in [5.74, 6) is 0.374. The molecule has 0 heterocycles. The molecular formula is C12H21ClO2. The predicted molar refractivity (Wildman–Crippen MR) is 63.1 cm³/mol. The van der Waals surface area contributed by atoms with Crippen molar-refractivity contribution in [3.05, 3.63) is 12.2 Å². The van der Waals surface area contributed by atoms with E-state index < -0.39 is 0 Å². The van der Waals surface area contributed by atoms with E-state index in [0.29, 0.717) is 5.88 Å². The SMILES string of the molecule is CC(C)OC(CCl)OC1C=CCC1(C)C. The second-order valence-corrected chi connectivity index (χ2v) is 5.25. The van der Waals surface area contributed by atoms with Gasteiger partial charge in [0.15, 0.2) is 6.29 Å². The third-order valence-electron chi connectivity index (χ3n) is 2.57. The molecule has 0 spiro atoms. The zero-order valence-electron chi connectivity index (χ0n) is 10.00. The van der Waals surface area contributed by atoms with Gasteiger partial charge in [-0.3, -0.25) is 0 Å². The molecule has 2 nitrogen and oxygen atoms in total. The molecule has 0 N–H and O–H groups in total. The summed E-state index contributed by atoms with van der Waals surface area (Å²) < 4.78 is 11.4. The van der Waals surface area contributed by atoms with Crippen molar-refractivity contribution >= 4 is 11.6 Å². The molecular weight excluding hydrogens is 212 g/mol. The highest BCUT2D eigenvalue weighted by atomic mass is 35.5. The van der Waals surface area contributed by atoms with Gasteiger partial charge in [-0.15, -0.1) is 11.6 Å². The number of ether oxygens (including phenoxy) is 2. The summed E-state index contributed by atoms with van der Waals surface area (Å²) in [6, 6.07) is 0. The zero-order valence-corrected chi connectivity index (χ0v) is 10.8. The number of allylic oxidation sites excluding steroid dienone is 1. The van der Waals surface area contributed by atoms with Crippen LogP contribution in [0.1, 0.15) is 34.1 Å². The number of rotatable bonds is 5. The normalized spacial score (nSPS) is 26.1. The summed E-state index contributed by atoms with van der Waals surface area (Å²) in [4.78, 5) is 0. The standard InChI is InChI=1S/C12H21ClO2/c1-9(2)14-11(8-13)15-10-6-5-7-12(10,3)4/h5-6,9-11H,7-8H2,1-4H3. The van der Waals surface area contributed by atoms with Crippen molar-refractivity contribution in [3.63, 3.8) is 0 Å². The van der Waals surface area contributed by atoms with E-state index in [-0.39, 0.29) is 23.9 Å². The highest BCUT2D eigenvalue weighted by molar-refractivity contribution is 6.18. The molecule has 0 bridgehead atoms. The number of hydrogen-bond acceptors (Lipinski definition) is 2. The fourth-order valence-electron chi connectivity index (χ4n) is 1.67. The van der Waals surface area contributed by atoms with Crippen LogP contribution in [0.3, 0.4) is 0 Å². The van der Waals surface area contributed by atoms with Gasteiger partial charge in [0.1, 0.15) is 0 Å². The Bertz CT molecular complexity index is 224. The van der Waals surface area contributed by atoms with Gasteiger partial charge in [-0.1, -0.05) is 26.0 Å². The summed E-state index contributed by atoms with van der Waals surface area (Å²) >= 11 is 5.81. The maximum Gasteiger partial charge on any atom is 0.172 e. The van der Waals surface area contributed by atoms with E-state index in [2.05, 4.69) is 26.0 Å². The first-order chi connectivity index (χ1) is 6.95. The van der Waals surface area contributed by atoms with Crippen LogP contribution in [0.2, 0.25) is 0 Å². The largest absolute Gasteiger partial charge is 0.349 e. The third-order valence-corrected chi connectivity index (χ3v) is 2.83. The highest BCUT2D eigenvalue weighted by Crippen LogP contribution is 2.35. The molecule has 0 saturated heterocycles. The highest BCUT2D eigenvalue weighted by Gasteiger charge is 2.33. The molecule has 15 heavy (non-hydrogen) atoms. The van der Waals surface area contributed by atoms with Crippen molar-refractivity contribution in [2.75, 3.05) is 5.88 Å². The van der Waals surface area contributed by atoms with Gasteiger partial charge in [0.05, 0.1) is 18.1 Å². The molecule has 0 aromatic heterocycles. The summed E-state index contributed by atoms with van der Waals surface area (Å²) in [6.07, 6.45) is 5.25. The van der Waals surface area contributed by atoms with E-state index in [4.69, 9.17) is 21.1 Å². The van der Waals surface area contributed by atoms with Crippen molar-refractivity contribution in [3.8, 4) is 0 Å². The van der Waals surface area contributed by atoms with Gasteiger partial charge in [0.2, 0.25) is 0 Å². The predicted octanol–water partition coefficient (Wildman–Crippen LogP) is 3.35. The first kappa shape index (κ1) is 13.0. The third kappa shape index (κ3) is 3.78. The second-order valence-electron chi connectivity index (χ2n) is 4.95. The molecule has 0 fully saturated rings. The molecule has 88 valence electrons. The Balaban J connectivity index is 2.48. The van der Waals surface area contributed by atoms with Gasteiger partial charge >= 0.3 is 0 Å². The molecule has 1 rings (SSSR count). The van der Waals surface area contributed by atoms with E-state index in [9.17, 15) is 0 Å². The molecule has 2 unspecified atom stereocenters. The molecule has 2 atom stereocenters. The van der Waals surface area contributed by atoms with Gasteiger partial charge in [0, 0.05) is 0 Å². The molecule has 1 aliphatic carbocycles. The minimum Gasteiger partial charge on any atom is -0.349 e. The average Bonchev–Trinajstić information content (AvgIpc) is 2.44. The average molecular weight is 233 g/mol. The van der Waals surface area contributed by atoms with E-state index >= 15 is 0 Å². The lowest BCUT2D eigenvalue weighted by atomic mass is 9.88. The van der Waals surface area contributed by atoms with Crippen LogP contribution in [0.25, 0.3) is 0 Å². The smallest absolute Gasteiger partial charge is 0.172 e.